The van der Waals surface area contributed by atoms with Gasteiger partial charge >= 0.3 is 0 Å². The molecule has 6 nitrogen and oxygen atoms in total. The van der Waals surface area contributed by atoms with Crippen LogP contribution in [0.3, 0.4) is 0 Å². The highest BCUT2D eigenvalue weighted by Crippen LogP contribution is 2.24. The smallest absolute Gasteiger partial charge is 0.295 e. The fraction of sp³-hybridized carbons (Fsp3) is 0.263. The minimum Gasteiger partial charge on any atom is -0.355 e. The molecule has 8 heteroatoms. The van der Waals surface area contributed by atoms with Crippen LogP contribution in [0.4, 0.5) is 5.69 Å². The van der Waals surface area contributed by atoms with Crippen LogP contribution in [0.1, 0.15) is 12.0 Å². The standard InChI is InChI=1S/C19H17Cl2N3O3/c20-15-4-3-12(10-16(15)21)2-1-7-23-18(26)14-11-24(19(27)17(14)25)13-5-8-22-9-6-13/h3-6,8-10,14H,1-2,7,11H2,(H,23,26). The Hall–Kier alpha value is -2.44. The van der Waals surface area contributed by atoms with Crippen molar-refractivity contribution in [3.05, 3.63) is 58.3 Å². The summed E-state index contributed by atoms with van der Waals surface area (Å²) in [5, 5.41) is 3.72. The lowest BCUT2D eigenvalue weighted by Crippen LogP contribution is -2.36. The van der Waals surface area contributed by atoms with E-state index in [1.165, 1.54) is 17.3 Å². The molecule has 1 fully saturated rings. The summed E-state index contributed by atoms with van der Waals surface area (Å²) in [5.74, 6) is -2.78. The van der Waals surface area contributed by atoms with Gasteiger partial charge in [-0.1, -0.05) is 29.3 Å². The Labute approximate surface area is 166 Å². The molecule has 1 aromatic carbocycles. The minimum absolute atomic E-state index is 0.0420. The molecule has 0 saturated carbocycles. The number of carbonyl (C=O) groups is 3. The van der Waals surface area contributed by atoms with Crippen LogP contribution >= 0.6 is 23.2 Å². The average Bonchev–Trinajstić information content (AvgIpc) is 2.97. The summed E-state index contributed by atoms with van der Waals surface area (Å²) in [4.78, 5) is 41.8. The Kier molecular flexibility index (Phi) is 6.08. The van der Waals surface area contributed by atoms with Crippen molar-refractivity contribution in [1.82, 2.24) is 10.3 Å². The van der Waals surface area contributed by atoms with Crippen LogP contribution in [0.2, 0.25) is 10.0 Å². The molecule has 2 aromatic rings. The summed E-state index contributed by atoms with van der Waals surface area (Å²) >= 11 is 11.9. The second-order valence-electron chi connectivity index (χ2n) is 6.18. The van der Waals surface area contributed by atoms with E-state index < -0.39 is 23.5 Å². The lowest BCUT2D eigenvalue weighted by Gasteiger charge is -2.15. The molecule has 0 spiro atoms. The van der Waals surface area contributed by atoms with Crippen molar-refractivity contribution >= 4 is 46.5 Å². The number of hydrogen-bond acceptors (Lipinski definition) is 4. The van der Waals surface area contributed by atoms with Crippen molar-refractivity contribution < 1.29 is 14.4 Å². The van der Waals surface area contributed by atoms with Crippen molar-refractivity contribution in [3.8, 4) is 0 Å². The van der Waals surface area contributed by atoms with Crippen LogP contribution in [0.15, 0.2) is 42.7 Å². The first-order valence-corrected chi connectivity index (χ1v) is 9.20. The van der Waals surface area contributed by atoms with Gasteiger partial charge in [-0.25, -0.2) is 0 Å². The quantitative estimate of drug-likeness (QED) is 0.455. The Balaban J connectivity index is 1.51. The lowest BCUT2D eigenvalue weighted by molar-refractivity contribution is -0.139. The number of ketones is 1. The first-order valence-electron chi connectivity index (χ1n) is 8.44. The van der Waals surface area contributed by atoms with Gasteiger partial charge in [-0.15, -0.1) is 0 Å². The molecule has 1 N–H and O–H groups in total. The van der Waals surface area contributed by atoms with Crippen LogP contribution in [0.5, 0.6) is 0 Å². The van der Waals surface area contributed by atoms with Gasteiger partial charge in [0.05, 0.1) is 10.0 Å². The molecular formula is C19H17Cl2N3O3. The van der Waals surface area contributed by atoms with E-state index in [-0.39, 0.29) is 6.54 Å². The number of anilines is 1. The highest BCUT2D eigenvalue weighted by atomic mass is 35.5. The fourth-order valence-electron chi connectivity index (χ4n) is 2.90. The van der Waals surface area contributed by atoms with E-state index in [0.717, 1.165) is 5.56 Å². The van der Waals surface area contributed by atoms with E-state index in [1.807, 2.05) is 6.07 Å². The van der Waals surface area contributed by atoms with E-state index >= 15 is 0 Å². The zero-order valence-corrected chi connectivity index (χ0v) is 15.8. The molecular weight excluding hydrogens is 389 g/mol. The molecule has 2 heterocycles. The molecule has 2 amide bonds. The number of halogens is 2. The number of nitrogens with one attached hydrogen (secondary N) is 1. The van der Waals surface area contributed by atoms with Gasteiger partial charge in [0, 0.05) is 31.2 Å². The largest absolute Gasteiger partial charge is 0.355 e. The van der Waals surface area contributed by atoms with Gasteiger partial charge in [-0.2, -0.15) is 0 Å². The van der Waals surface area contributed by atoms with Gasteiger partial charge < -0.3 is 10.2 Å². The van der Waals surface area contributed by atoms with Crippen LogP contribution in [-0.4, -0.2) is 35.7 Å². The van der Waals surface area contributed by atoms with E-state index in [4.69, 9.17) is 23.2 Å². The molecule has 27 heavy (non-hydrogen) atoms. The van der Waals surface area contributed by atoms with Crippen LogP contribution in [0, 0.1) is 5.92 Å². The molecule has 1 saturated heterocycles. The third-order valence-electron chi connectivity index (χ3n) is 4.35. The summed E-state index contributed by atoms with van der Waals surface area (Å²) < 4.78 is 0. The monoisotopic (exact) mass is 405 g/mol. The number of benzene rings is 1. The number of nitrogens with zero attached hydrogens (tertiary/aromatic N) is 2. The summed E-state index contributed by atoms with van der Waals surface area (Å²) in [7, 11) is 0. The highest BCUT2D eigenvalue weighted by molar-refractivity contribution is 6.47. The van der Waals surface area contributed by atoms with Crippen LogP contribution in [0.25, 0.3) is 0 Å². The highest BCUT2D eigenvalue weighted by Gasteiger charge is 2.43. The molecule has 1 aromatic heterocycles. The van der Waals surface area contributed by atoms with Gasteiger partial charge in [-0.3, -0.25) is 19.4 Å². The number of carbonyl (C=O) groups excluding carboxylic acids is 3. The van der Waals surface area contributed by atoms with Gasteiger partial charge in [0.1, 0.15) is 5.92 Å². The third-order valence-corrected chi connectivity index (χ3v) is 5.09. The normalized spacial score (nSPS) is 16.7. The number of hydrogen-bond donors (Lipinski definition) is 1. The number of pyridine rings is 1. The molecule has 0 aliphatic carbocycles. The lowest BCUT2D eigenvalue weighted by atomic mass is 10.1. The maximum absolute atomic E-state index is 12.3. The maximum Gasteiger partial charge on any atom is 0.295 e. The predicted octanol–water partition coefficient (Wildman–Crippen LogP) is 2.67. The van der Waals surface area contributed by atoms with Gasteiger partial charge in [0.2, 0.25) is 11.7 Å². The molecule has 1 atom stereocenters. The molecule has 1 aliphatic heterocycles. The minimum atomic E-state index is -0.990. The first-order chi connectivity index (χ1) is 13.0. The summed E-state index contributed by atoms with van der Waals surface area (Å²) in [6.45, 7) is 0.437. The van der Waals surface area contributed by atoms with Crippen LogP contribution in [-0.2, 0) is 20.8 Å². The van der Waals surface area contributed by atoms with Crippen molar-refractivity contribution in [2.75, 3.05) is 18.0 Å². The number of rotatable bonds is 6. The molecule has 1 unspecified atom stereocenters. The van der Waals surface area contributed by atoms with Crippen molar-refractivity contribution in [2.24, 2.45) is 5.92 Å². The van der Waals surface area contributed by atoms with Gasteiger partial charge in [-0.05, 0) is 42.7 Å². The van der Waals surface area contributed by atoms with Crippen molar-refractivity contribution in [2.45, 2.75) is 12.8 Å². The van der Waals surface area contributed by atoms with E-state index in [1.54, 1.807) is 24.3 Å². The van der Waals surface area contributed by atoms with Gasteiger partial charge in [0.25, 0.3) is 5.91 Å². The number of aromatic nitrogens is 1. The molecule has 3 rings (SSSR count). The topological polar surface area (TPSA) is 79.4 Å². The summed E-state index contributed by atoms with van der Waals surface area (Å²) in [6.07, 6.45) is 4.44. The number of amides is 2. The molecule has 140 valence electrons. The number of aryl methyl sites for hydroxylation is 1. The maximum atomic E-state index is 12.3. The molecule has 0 bridgehead atoms. The first kappa shape index (κ1) is 19.3. The zero-order chi connectivity index (χ0) is 19.4. The Morgan fingerprint density at radius 2 is 1.89 bits per heavy atom. The molecule has 0 radical (unpaired) electrons. The zero-order valence-electron chi connectivity index (χ0n) is 14.3. The Bertz CT molecular complexity index is 874. The van der Waals surface area contributed by atoms with Gasteiger partial charge in [0.15, 0.2) is 0 Å². The second-order valence-corrected chi connectivity index (χ2v) is 7.00. The average molecular weight is 406 g/mol. The third kappa shape index (κ3) is 4.46. The van der Waals surface area contributed by atoms with Crippen LogP contribution < -0.4 is 10.2 Å². The summed E-state index contributed by atoms with van der Waals surface area (Å²) in [6, 6.07) is 8.65. The second kappa shape index (κ2) is 8.50. The fourth-order valence-corrected chi connectivity index (χ4v) is 3.22. The van der Waals surface area contributed by atoms with Crippen molar-refractivity contribution in [1.29, 1.82) is 0 Å². The predicted molar refractivity (Wildman–Crippen MR) is 103 cm³/mol. The number of Topliss-reactive ketones (excluding diaryl/α,β-unsaturated/α-hetero) is 1. The molecule has 1 aliphatic rings. The summed E-state index contributed by atoms with van der Waals surface area (Å²) in [5.41, 5.74) is 1.56. The Morgan fingerprint density at radius 1 is 1.15 bits per heavy atom. The Morgan fingerprint density at radius 3 is 2.59 bits per heavy atom. The van der Waals surface area contributed by atoms with Crippen molar-refractivity contribution in [3.63, 3.8) is 0 Å². The SMILES string of the molecule is O=C(NCCCc1ccc(Cl)c(Cl)c1)C1CN(c2ccncc2)C(=O)C1=O. The van der Waals surface area contributed by atoms with E-state index in [0.29, 0.717) is 35.1 Å². The van der Waals surface area contributed by atoms with E-state index in [9.17, 15) is 14.4 Å². The van der Waals surface area contributed by atoms with E-state index in [2.05, 4.69) is 10.3 Å².